The summed E-state index contributed by atoms with van der Waals surface area (Å²) >= 11 is 0. The van der Waals surface area contributed by atoms with E-state index in [4.69, 9.17) is 4.74 Å². The third-order valence-corrected chi connectivity index (χ3v) is 8.92. The van der Waals surface area contributed by atoms with Gasteiger partial charge in [-0.3, -0.25) is 4.79 Å². The van der Waals surface area contributed by atoms with Gasteiger partial charge in [-0.15, -0.1) is 0 Å². The maximum absolute atomic E-state index is 12.5. The molecule has 0 radical (unpaired) electrons. The number of rotatable bonds is 33. The van der Waals surface area contributed by atoms with E-state index in [2.05, 4.69) is 27.7 Å². The zero-order valence-corrected chi connectivity index (χ0v) is 28.4. The maximum atomic E-state index is 12.5. The van der Waals surface area contributed by atoms with Crippen LogP contribution in [0.3, 0.4) is 0 Å². The Balaban J connectivity index is 3.40. The first-order chi connectivity index (χ1) is 19.6. The molecule has 2 unspecified atom stereocenters. The Morgan fingerprint density at radius 2 is 0.650 bits per heavy atom. The molecule has 0 aliphatic carbocycles. The summed E-state index contributed by atoms with van der Waals surface area (Å²) in [5.74, 6) is 0.0870. The first kappa shape index (κ1) is 39.5. The summed E-state index contributed by atoms with van der Waals surface area (Å²) in [7, 11) is 0. The predicted octanol–water partition coefficient (Wildman–Crippen LogP) is 13.7. The van der Waals surface area contributed by atoms with Gasteiger partial charge in [-0.05, 0) is 26.2 Å². The lowest BCUT2D eigenvalue weighted by atomic mass is 10.0. The van der Waals surface area contributed by atoms with E-state index in [1.54, 1.807) is 0 Å². The second kappa shape index (κ2) is 33.0. The zero-order chi connectivity index (χ0) is 29.4. The van der Waals surface area contributed by atoms with Gasteiger partial charge in [-0.2, -0.15) is 0 Å². The molecule has 0 aliphatic heterocycles. The van der Waals surface area contributed by atoms with Crippen molar-refractivity contribution < 1.29 is 9.53 Å². The summed E-state index contributed by atoms with van der Waals surface area (Å²) in [5.41, 5.74) is 0. The molecule has 2 nitrogen and oxygen atoms in total. The van der Waals surface area contributed by atoms with E-state index in [1.165, 1.54) is 186 Å². The van der Waals surface area contributed by atoms with E-state index >= 15 is 0 Å². The van der Waals surface area contributed by atoms with Crippen molar-refractivity contribution in [3.63, 3.8) is 0 Å². The fourth-order valence-corrected chi connectivity index (χ4v) is 5.94. The highest BCUT2D eigenvalue weighted by Gasteiger charge is 2.16. The van der Waals surface area contributed by atoms with Crippen LogP contribution in [0, 0.1) is 5.92 Å². The van der Waals surface area contributed by atoms with Crippen molar-refractivity contribution in [3.05, 3.63) is 0 Å². The average Bonchev–Trinajstić information content (AvgIpc) is 2.95. The molecule has 2 heteroatoms. The van der Waals surface area contributed by atoms with Gasteiger partial charge >= 0.3 is 5.97 Å². The Kier molecular flexibility index (Phi) is 32.5. The second-order valence-corrected chi connectivity index (χ2v) is 13.3. The largest absolute Gasteiger partial charge is 0.462 e. The summed E-state index contributed by atoms with van der Waals surface area (Å²) < 4.78 is 5.76. The van der Waals surface area contributed by atoms with Gasteiger partial charge in [0.25, 0.3) is 0 Å². The van der Waals surface area contributed by atoms with E-state index < -0.39 is 0 Å². The average molecular weight is 565 g/mol. The quantitative estimate of drug-likeness (QED) is 0.0585. The monoisotopic (exact) mass is 565 g/mol. The SMILES string of the molecule is CCCCCCCCCCCCCCCCCC(C)C(=O)OC(C)CCCCCCCCCCCCCCCC. The van der Waals surface area contributed by atoms with E-state index in [1.807, 2.05) is 0 Å². The number of esters is 1. The summed E-state index contributed by atoms with van der Waals surface area (Å²) in [6, 6.07) is 0. The third-order valence-electron chi connectivity index (χ3n) is 8.92. The molecule has 0 fully saturated rings. The minimum Gasteiger partial charge on any atom is -0.462 e. The van der Waals surface area contributed by atoms with Gasteiger partial charge in [-0.1, -0.05) is 201 Å². The number of unbranched alkanes of at least 4 members (excludes halogenated alkanes) is 27. The van der Waals surface area contributed by atoms with Crippen molar-refractivity contribution in [2.45, 2.75) is 233 Å². The van der Waals surface area contributed by atoms with E-state index in [0.29, 0.717) is 0 Å². The maximum Gasteiger partial charge on any atom is 0.308 e. The Morgan fingerprint density at radius 1 is 0.400 bits per heavy atom. The molecule has 0 aromatic rings. The van der Waals surface area contributed by atoms with Crippen LogP contribution in [0.1, 0.15) is 227 Å². The lowest BCUT2D eigenvalue weighted by molar-refractivity contribution is -0.153. The highest BCUT2D eigenvalue weighted by Crippen LogP contribution is 2.18. The van der Waals surface area contributed by atoms with Crippen LogP contribution in [-0.2, 0) is 9.53 Å². The van der Waals surface area contributed by atoms with Crippen molar-refractivity contribution in [2.75, 3.05) is 0 Å². The summed E-state index contributed by atoms with van der Waals surface area (Å²) in [6.45, 7) is 8.73. The van der Waals surface area contributed by atoms with Gasteiger partial charge in [0.1, 0.15) is 0 Å². The highest BCUT2D eigenvalue weighted by atomic mass is 16.5. The number of hydrogen-bond acceptors (Lipinski definition) is 2. The van der Waals surface area contributed by atoms with E-state index in [0.717, 1.165) is 12.8 Å². The van der Waals surface area contributed by atoms with Crippen LogP contribution in [0.4, 0.5) is 0 Å². The molecule has 2 atom stereocenters. The van der Waals surface area contributed by atoms with Gasteiger partial charge in [-0.25, -0.2) is 0 Å². The Labute approximate surface area is 254 Å². The smallest absolute Gasteiger partial charge is 0.308 e. The first-order valence-electron chi connectivity index (χ1n) is 18.8. The van der Waals surface area contributed by atoms with Gasteiger partial charge in [0.2, 0.25) is 0 Å². The molecule has 0 aromatic carbocycles. The number of carbonyl (C=O) groups is 1. The lowest BCUT2D eigenvalue weighted by Gasteiger charge is -2.17. The fourth-order valence-electron chi connectivity index (χ4n) is 5.94. The van der Waals surface area contributed by atoms with Gasteiger partial charge in [0.15, 0.2) is 0 Å². The summed E-state index contributed by atoms with van der Waals surface area (Å²) in [6.07, 6.45) is 42.3. The molecule has 0 amide bonds. The van der Waals surface area contributed by atoms with Crippen molar-refractivity contribution in [1.82, 2.24) is 0 Å². The normalized spacial score (nSPS) is 13.0. The molecular formula is C38H76O2. The highest BCUT2D eigenvalue weighted by molar-refractivity contribution is 5.72. The van der Waals surface area contributed by atoms with Crippen LogP contribution in [0.5, 0.6) is 0 Å². The van der Waals surface area contributed by atoms with Crippen LogP contribution in [-0.4, -0.2) is 12.1 Å². The Morgan fingerprint density at radius 3 is 0.950 bits per heavy atom. The van der Waals surface area contributed by atoms with Gasteiger partial charge in [0, 0.05) is 0 Å². The molecule has 0 heterocycles. The topological polar surface area (TPSA) is 26.3 Å². The second-order valence-electron chi connectivity index (χ2n) is 13.3. The summed E-state index contributed by atoms with van der Waals surface area (Å²) in [4.78, 5) is 12.5. The molecule has 0 aliphatic rings. The van der Waals surface area contributed by atoms with Crippen LogP contribution in [0.15, 0.2) is 0 Å². The third kappa shape index (κ3) is 30.4. The minimum atomic E-state index is 0.0308. The van der Waals surface area contributed by atoms with Gasteiger partial charge < -0.3 is 4.74 Å². The molecular weight excluding hydrogens is 488 g/mol. The van der Waals surface area contributed by atoms with E-state index in [-0.39, 0.29) is 18.0 Å². The molecule has 0 aromatic heterocycles. The lowest BCUT2D eigenvalue weighted by Crippen LogP contribution is -2.20. The van der Waals surface area contributed by atoms with Crippen molar-refractivity contribution in [2.24, 2.45) is 5.92 Å². The molecule has 0 bridgehead atoms. The van der Waals surface area contributed by atoms with Crippen LogP contribution in [0.25, 0.3) is 0 Å². The fraction of sp³-hybridized carbons (Fsp3) is 0.974. The molecule has 0 saturated carbocycles. The minimum absolute atomic E-state index is 0.0308. The van der Waals surface area contributed by atoms with Crippen LogP contribution >= 0.6 is 0 Å². The standard InChI is InChI=1S/C38H76O2/c1-5-7-9-11-13-15-17-19-21-22-24-26-28-30-32-34-36(3)38(39)40-37(4)35-33-31-29-27-25-23-20-18-16-14-12-10-8-6-2/h36-37H,5-35H2,1-4H3. The number of hydrogen-bond donors (Lipinski definition) is 0. The molecule has 40 heavy (non-hydrogen) atoms. The zero-order valence-electron chi connectivity index (χ0n) is 28.4. The first-order valence-corrected chi connectivity index (χ1v) is 18.8. The molecule has 0 saturated heterocycles. The number of ether oxygens (including phenoxy) is 1. The summed E-state index contributed by atoms with van der Waals surface area (Å²) in [5, 5.41) is 0. The van der Waals surface area contributed by atoms with Crippen molar-refractivity contribution in [3.8, 4) is 0 Å². The van der Waals surface area contributed by atoms with E-state index in [9.17, 15) is 4.79 Å². The molecule has 240 valence electrons. The molecule has 0 N–H and O–H groups in total. The number of carbonyl (C=O) groups excluding carboxylic acids is 1. The van der Waals surface area contributed by atoms with Crippen molar-refractivity contribution >= 4 is 5.97 Å². The van der Waals surface area contributed by atoms with Crippen molar-refractivity contribution in [1.29, 1.82) is 0 Å². The predicted molar refractivity (Wildman–Crippen MR) is 179 cm³/mol. The molecule has 0 rings (SSSR count). The van der Waals surface area contributed by atoms with Gasteiger partial charge in [0.05, 0.1) is 12.0 Å². The van der Waals surface area contributed by atoms with Crippen LogP contribution < -0.4 is 0 Å². The van der Waals surface area contributed by atoms with Crippen LogP contribution in [0.2, 0.25) is 0 Å². The molecule has 0 spiro atoms. The Bertz CT molecular complexity index is 488. The Hall–Kier alpha value is -0.530.